The Morgan fingerprint density at radius 3 is 2.41 bits per heavy atom. The standard InChI is InChI=1S/C21H24O6/c1-5-26-19-12-16(10-11-18(19)25-4)27-13-15-8-6-7-9-17(15)20(21(22)23)14(2)24-3/h6-12H,5,13H2,1-4H3,(H,22,23). The molecule has 6 nitrogen and oxygen atoms in total. The summed E-state index contributed by atoms with van der Waals surface area (Å²) in [5.74, 6) is 1.09. The van der Waals surface area contributed by atoms with Crippen molar-refractivity contribution in [1.82, 2.24) is 0 Å². The molecule has 6 heteroatoms. The molecule has 0 unspecified atom stereocenters. The van der Waals surface area contributed by atoms with Crippen LogP contribution in [0, 0.1) is 0 Å². The third-order valence-corrected chi connectivity index (χ3v) is 3.99. The topological polar surface area (TPSA) is 74.2 Å². The van der Waals surface area contributed by atoms with E-state index in [0.29, 0.717) is 35.2 Å². The fourth-order valence-corrected chi connectivity index (χ4v) is 2.62. The molecule has 2 rings (SSSR count). The minimum Gasteiger partial charge on any atom is -0.500 e. The largest absolute Gasteiger partial charge is 0.500 e. The first-order valence-electron chi connectivity index (χ1n) is 8.51. The molecule has 1 N–H and O–H groups in total. The maximum atomic E-state index is 11.7. The molecule has 27 heavy (non-hydrogen) atoms. The molecule has 0 heterocycles. The number of methoxy groups -OCH3 is 2. The lowest BCUT2D eigenvalue weighted by Gasteiger charge is -2.15. The van der Waals surface area contributed by atoms with Gasteiger partial charge in [0.1, 0.15) is 23.7 Å². The van der Waals surface area contributed by atoms with E-state index < -0.39 is 5.97 Å². The molecule has 0 aliphatic carbocycles. The van der Waals surface area contributed by atoms with Crippen molar-refractivity contribution in [3.63, 3.8) is 0 Å². The number of carbonyl (C=O) groups is 1. The van der Waals surface area contributed by atoms with Gasteiger partial charge >= 0.3 is 5.97 Å². The van der Waals surface area contributed by atoms with Gasteiger partial charge in [-0.1, -0.05) is 24.3 Å². The highest BCUT2D eigenvalue weighted by Gasteiger charge is 2.18. The summed E-state index contributed by atoms with van der Waals surface area (Å²) in [6.45, 7) is 4.22. The van der Waals surface area contributed by atoms with E-state index in [1.165, 1.54) is 7.11 Å². The molecule has 0 spiro atoms. The Labute approximate surface area is 158 Å². The molecular weight excluding hydrogens is 348 g/mol. The molecule has 0 saturated carbocycles. The number of hydrogen-bond donors (Lipinski definition) is 1. The second kappa shape index (κ2) is 9.52. The van der Waals surface area contributed by atoms with Crippen LogP contribution in [0.3, 0.4) is 0 Å². The van der Waals surface area contributed by atoms with Crippen LogP contribution in [0.5, 0.6) is 17.2 Å². The van der Waals surface area contributed by atoms with Crippen LogP contribution in [0.15, 0.2) is 48.2 Å². The fourth-order valence-electron chi connectivity index (χ4n) is 2.62. The summed E-state index contributed by atoms with van der Waals surface area (Å²) >= 11 is 0. The maximum Gasteiger partial charge on any atom is 0.339 e. The zero-order chi connectivity index (χ0) is 19.8. The van der Waals surface area contributed by atoms with Gasteiger partial charge in [-0.25, -0.2) is 4.79 Å². The molecule has 0 aromatic heterocycles. The van der Waals surface area contributed by atoms with Crippen LogP contribution in [0.4, 0.5) is 0 Å². The van der Waals surface area contributed by atoms with Crippen molar-refractivity contribution in [2.24, 2.45) is 0 Å². The van der Waals surface area contributed by atoms with Crippen LogP contribution >= 0.6 is 0 Å². The van der Waals surface area contributed by atoms with E-state index in [9.17, 15) is 9.90 Å². The van der Waals surface area contributed by atoms with E-state index in [-0.39, 0.29) is 12.2 Å². The third-order valence-electron chi connectivity index (χ3n) is 3.99. The minimum atomic E-state index is -1.05. The first-order chi connectivity index (χ1) is 13.0. The van der Waals surface area contributed by atoms with Gasteiger partial charge in [0, 0.05) is 6.07 Å². The van der Waals surface area contributed by atoms with Gasteiger partial charge in [-0.3, -0.25) is 0 Å². The monoisotopic (exact) mass is 372 g/mol. The second-order valence-electron chi connectivity index (χ2n) is 5.63. The fraction of sp³-hybridized carbons (Fsp3) is 0.286. The third kappa shape index (κ3) is 4.94. The zero-order valence-electron chi connectivity index (χ0n) is 15.9. The summed E-state index contributed by atoms with van der Waals surface area (Å²) in [6, 6.07) is 12.5. The van der Waals surface area contributed by atoms with Gasteiger partial charge < -0.3 is 24.1 Å². The number of carboxylic acids is 1. The summed E-state index contributed by atoms with van der Waals surface area (Å²) in [4.78, 5) is 11.7. The highest BCUT2D eigenvalue weighted by molar-refractivity contribution is 6.16. The molecule has 144 valence electrons. The Morgan fingerprint density at radius 2 is 1.78 bits per heavy atom. The van der Waals surface area contributed by atoms with E-state index in [0.717, 1.165) is 5.56 Å². The lowest BCUT2D eigenvalue weighted by atomic mass is 9.99. The number of benzene rings is 2. The number of aliphatic carboxylic acids is 1. The summed E-state index contributed by atoms with van der Waals surface area (Å²) in [6.07, 6.45) is 0. The van der Waals surface area contributed by atoms with Crippen LogP contribution in [-0.2, 0) is 16.1 Å². The van der Waals surface area contributed by atoms with Gasteiger partial charge in [0.15, 0.2) is 11.5 Å². The van der Waals surface area contributed by atoms with E-state index in [1.807, 2.05) is 19.1 Å². The van der Waals surface area contributed by atoms with E-state index in [4.69, 9.17) is 18.9 Å². The Balaban J connectivity index is 2.30. The predicted molar refractivity (Wildman–Crippen MR) is 102 cm³/mol. The van der Waals surface area contributed by atoms with Crippen LogP contribution in [-0.4, -0.2) is 31.9 Å². The first-order valence-corrected chi connectivity index (χ1v) is 8.51. The van der Waals surface area contributed by atoms with E-state index in [2.05, 4.69) is 0 Å². The van der Waals surface area contributed by atoms with Gasteiger partial charge in [0.05, 0.1) is 20.8 Å². The second-order valence-corrected chi connectivity index (χ2v) is 5.63. The van der Waals surface area contributed by atoms with Gasteiger partial charge in [-0.2, -0.15) is 0 Å². The smallest absolute Gasteiger partial charge is 0.339 e. The highest BCUT2D eigenvalue weighted by atomic mass is 16.5. The average molecular weight is 372 g/mol. The molecule has 0 atom stereocenters. The number of ether oxygens (including phenoxy) is 4. The van der Waals surface area contributed by atoms with E-state index >= 15 is 0 Å². The van der Waals surface area contributed by atoms with Crippen molar-refractivity contribution < 1.29 is 28.8 Å². The average Bonchev–Trinajstić information content (AvgIpc) is 2.67. The van der Waals surface area contributed by atoms with Crippen LogP contribution < -0.4 is 14.2 Å². The van der Waals surface area contributed by atoms with Crippen LogP contribution in [0.25, 0.3) is 5.57 Å². The lowest BCUT2D eigenvalue weighted by molar-refractivity contribution is -0.130. The Hall–Kier alpha value is -3.15. The number of hydrogen-bond acceptors (Lipinski definition) is 5. The molecule has 0 radical (unpaired) electrons. The Bertz CT molecular complexity index is 825. The lowest BCUT2D eigenvalue weighted by Crippen LogP contribution is -2.08. The Morgan fingerprint density at radius 1 is 1.04 bits per heavy atom. The van der Waals surface area contributed by atoms with Gasteiger partial charge in [0.25, 0.3) is 0 Å². The summed E-state index contributed by atoms with van der Waals surface area (Å²) in [7, 11) is 3.02. The Kier molecular flexibility index (Phi) is 7.11. The van der Waals surface area contributed by atoms with Crippen molar-refractivity contribution in [2.45, 2.75) is 20.5 Å². The van der Waals surface area contributed by atoms with Crippen LogP contribution in [0.2, 0.25) is 0 Å². The summed E-state index contributed by atoms with van der Waals surface area (Å²) < 4.78 is 21.8. The predicted octanol–water partition coefficient (Wildman–Crippen LogP) is 4.13. The molecular formula is C21H24O6. The molecule has 2 aromatic rings. The first kappa shape index (κ1) is 20.2. The normalized spacial score (nSPS) is 11.4. The molecule has 0 amide bonds. The minimum absolute atomic E-state index is 0.112. The van der Waals surface area contributed by atoms with Gasteiger partial charge in [-0.05, 0) is 37.1 Å². The number of carboxylic acid groups (broad SMARTS) is 1. The SMILES string of the molecule is CCOc1cc(OCc2ccccc2C(C(=O)O)=C(C)OC)ccc1OC. The molecule has 2 aromatic carbocycles. The van der Waals surface area contributed by atoms with Crippen molar-refractivity contribution in [3.8, 4) is 17.2 Å². The van der Waals surface area contributed by atoms with Crippen molar-refractivity contribution in [3.05, 3.63) is 59.4 Å². The zero-order valence-corrected chi connectivity index (χ0v) is 15.9. The molecule has 0 bridgehead atoms. The van der Waals surface area contributed by atoms with Gasteiger partial charge in [0.2, 0.25) is 0 Å². The molecule has 0 aliphatic heterocycles. The van der Waals surface area contributed by atoms with Crippen molar-refractivity contribution >= 4 is 11.5 Å². The van der Waals surface area contributed by atoms with Gasteiger partial charge in [-0.15, -0.1) is 0 Å². The summed E-state index contributed by atoms with van der Waals surface area (Å²) in [5.41, 5.74) is 1.41. The number of rotatable bonds is 9. The number of allylic oxidation sites excluding steroid dienone is 1. The van der Waals surface area contributed by atoms with E-state index in [1.54, 1.807) is 44.4 Å². The molecule has 0 aliphatic rings. The highest BCUT2D eigenvalue weighted by Crippen LogP contribution is 2.32. The molecule has 0 saturated heterocycles. The maximum absolute atomic E-state index is 11.7. The quantitative estimate of drug-likeness (QED) is 0.527. The van der Waals surface area contributed by atoms with Crippen LogP contribution in [0.1, 0.15) is 25.0 Å². The summed E-state index contributed by atoms with van der Waals surface area (Å²) in [5, 5.41) is 9.58. The van der Waals surface area contributed by atoms with Crippen molar-refractivity contribution in [1.29, 1.82) is 0 Å². The molecule has 0 fully saturated rings. The van der Waals surface area contributed by atoms with Crippen molar-refractivity contribution in [2.75, 3.05) is 20.8 Å².